The van der Waals surface area contributed by atoms with Crippen LogP contribution in [0, 0.1) is 35.3 Å². The lowest BCUT2D eigenvalue weighted by Gasteiger charge is -2.08. The first-order chi connectivity index (χ1) is 10.8. The highest BCUT2D eigenvalue weighted by molar-refractivity contribution is 5.98. The first-order valence-corrected chi connectivity index (χ1v) is 6.79. The fourth-order valence-corrected chi connectivity index (χ4v) is 2.17. The van der Waals surface area contributed by atoms with Crippen molar-refractivity contribution in [2.24, 2.45) is 5.10 Å². The summed E-state index contributed by atoms with van der Waals surface area (Å²) in [6.45, 7) is 5.12. The Hall–Kier alpha value is -3.27. The highest BCUT2D eigenvalue weighted by Crippen LogP contribution is 2.13. The Kier molecular flexibility index (Phi) is 4.37. The van der Waals surface area contributed by atoms with Crippen molar-refractivity contribution in [1.29, 1.82) is 5.26 Å². The third-order valence-corrected chi connectivity index (χ3v) is 3.42. The van der Waals surface area contributed by atoms with Gasteiger partial charge < -0.3 is 0 Å². The van der Waals surface area contributed by atoms with Crippen molar-refractivity contribution in [3.05, 3.63) is 73.2 Å². The molecule has 0 aliphatic rings. The van der Waals surface area contributed by atoms with E-state index >= 15 is 0 Å². The largest absolute Gasteiger partial charge is 0.289 e. The molecule has 0 unspecified atom stereocenters. The van der Waals surface area contributed by atoms with Gasteiger partial charge in [0.05, 0.1) is 10.6 Å². The van der Waals surface area contributed by atoms with Crippen LogP contribution in [0.3, 0.4) is 0 Å². The molecule has 0 N–H and O–H groups in total. The van der Waals surface area contributed by atoms with Gasteiger partial charge in [-0.3, -0.25) is 14.9 Å². The molecule has 7 nitrogen and oxygen atoms in total. The summed E-state index contributed by atoms with van der Waals surface area (Å²) in [5, 5.41) is 24.0. The number of aromatic nitrogens is 1. The van der Waals surface area contributed by atoms with Crippen molar-refractivity contribution in [3.63, 3.8) is 0 Å². The fraction of sp³-hybridized carbons (Fsp3) is 0.188. The van der Waals surface area contributed by atoms with E-state index in [1.807, 2.05) is 6.07 Å². The van der Waals surface area contributed by atoms with Crippen LogP contribution >= 0.6 is 0 Å². The van der Waals surface area contributed by atoms with E-state index in [1.165, 1.54) is 16.8 Å². The second-order valence-corrected chi connectivity index (χ2v) is 5.06. The van der Waals surface area contributed by atoms with Crippen molar-refractivity contribution in [2.45, 2.75) is 20.8 Å². The van der Waals surface area contributed by atoms with E-state index in [0.717, 1.165) is 0 Å². The lowest BCUT2D eigenvalue weighted by atomic mass is 10.1. The summed E-state index contributed by atoms with van der Waals surface area (Å²) in [4.78, 5) is 22.5. The van der Waals surface area contributed by atoms with E-state index in [1.54, 1.807) is 39.0 Å². The van der Waals surface area contributed by atoms with Crippen LogP contribution in [0.4, 0.5) is 5.69 Å². The molecule has 7 heteroatoms. The Labute approximate surface area is 132 Å². The van der Waals surface area contributed by atoms with Gasteiger partial charge in [-0.25, -0.2) is 4.68 Å². The van der Waals surface area contributed by atoms with Crippen molar-refractivity contribution in [2.75, 3.05) is 0 Å². The van der Waals surface area contributed by atoms with Crippen molar-refractivity contribution >= 4 is 11.4 Å². The van der Waals surface area contributed by atoms with Gasteiger partial charge in [0.15, 0.2) is 0 Å². The van der Waals surface area contributed by atoms with Crippen molar-refractivity contribution in [1.82, 2.24) is 4.68 Å². The van der Waals surface area contributed by atoms with Gasteiger partial charge in [-0.1, -0.05) is 0 Å². The summed E-state index contributed by atoms with van der Waals surface area (Å²) >= 11 is 0. The number of hydrogen-bond acceptors (Lipinski definition) is 5. The predicted molar refractivity (Wildman–Crippen MR) is 85.6 cm³/mol. The molecule has 0 aliphatic heterocycles. The topological polar surface area (TPSA) is 101 Å². The zero-order valence-electron chi connectivity index (χ0n) is 12.9. The molecule has 2 aromatic rings. The van der Waals surface area contributed by atoms with Crippen molar-refractivity contribution < 1.29 is 4.92 Å². The van der Waals surface area contributed by atoms with Crippen LogP contribution in [0.1, 0.15) is 29.3 Å². The van der Waals surface area contributed by atoms with Gasteiger partial charge in [0.2, 0.25) is 0 Å². The maximum atomic E-state index is 12.3. The molecule has 0 atom stereocenters. The SMILES string of the molecule is CC(=Nn1c(C)cc(C)c(C#N)c1=O)c1ccc([N+](=O)[O-])cc1. The Morgan fingerprint density at radius 2 is 1.91 bits per heavy atom. The number of non-ortho nitro benzene ring substituents is 1. The van der Waals surface area contributed by atoms with E-state index in [0.29, 0.717) is 22.5 Å². The quantitative estimate of drug-likeness (QED) is 0.493. The maximum Gasteiger partial charge on any atom is 0.289 e. The van der Waals surface area contributed by atoms with Crippen LogP contribution < -0.4 is 5.56 Å². The average Bonchev–Trinajstić information content (AvgIpc) is 2.51. The molecular formula is C16H14N4O3. The van der Waals surface area contributed by atoms with Gasteiger partial charge in [-0.15, -0.1) is 0 Å². The van der Waals surface area contributed by atoms with Crippen LogP contribution in [-0.2, 0) is 0 Å². The molecule has 116 valence electrons. The zero-order chi connectivity index (χ0) is 17.1. The molecule has 0 saturated heterocycles. The second kappa shape index (κ2) is 6.23. The van der Waals surface area contributed by atoms with Gasteiger partial charge in [0.25, 0.3) is 11.2 Å². The molecule has 1 heterocycles. The molecule has 0 amide bonds. The number of hydrogen-bond donors (Lipinski definition) is 0. The summed E-state index contributed by atoms with van der Waals surface area (Å²) in [6.07, 6.45) is 0. The molecule has 0 aliphatic carbocycles. The van der Waals surface area contributed by atoms with E-state index in [9.17, 15) is 14.9 Å². The minimum Gasteiger partial charge on any atom is -0.266 e. The minimum absolute atomic E-state index is 0.0167. The number of nitriles is 1. The molecule has 23 heavy (non-hydrogen) atoms. The normalized spacial score (nSPS) is 11.1. The molecular weight excluding hydrogens is 296 g/mol. The van der Waals surface area contributed by atoms with Crippen LogP contribution in [0.2, 0.25) is 0 Å². The molecule has 1 aromatic carbocycles. The number of nitrogens with zero attached hydrogens (tertiary/aromatic N) is 4. The predicted octanol–water partition coefficient (Wildman–Crippen LogP) is 2.52. The lowest BCUT2D eigenvalue weighted by molar-refractivity contribution is -0.384. The maximum absolute atomic E-state index is 12.3. The first-order valence-electron chi connectivity index (χ1n) is 6.79. The van der Waals surface area contributed by atoms with Gasteiger partial charge in [-0.05, 0) is 50.1 Å². The molecule has 0 radical (unpaired) electrons. The number of rotatable bonds is 3. The van der Waals surface area contributed by atoms with Gasteiger partial charge in [-0.2, -0.15) is 10.4 Å². The number of aryl methyl sites for hydroxylation is 2. The summed E-state index contributed by atoms with van der Waals surface area (Å²) < 4.78 is 1.17. The van der Waals surface area contributed by atoms with E-state index in [2.05, 4.69) is 5.10 Å². The van der Waals surface area contributed by atoms with E-state index in [4.69, 9.17) is 5.26 Å². The van der Waals surface area contributed by atoms with Crippen LogP contribution in [0.15, 0.2) is 40.2 Å². The summed E-state index contributed by atoms with van der Waals surface area (Å²) in [5.41, 5.74) is 1.93. The van der Waals surface area contributed by atoms with Gasteiger partial charge in [0.1, 0.15) is 11.6 Å². The van der Waals surface area contributed by atoms with E-state index < -0.39 is 10.5 Å². The summed E-state index contributed by atoms with van der Waals surface area (Å²) in [7, 11) is 0. The summed E-state index contributed by atoms with van der Waals surface area (Å²) in [5.74, 6) is 0. The standard InChI is InChI=1S/C16H14N4O3/c1-10-8-11(2)19(16(21)15(10)9-17)18-12(3)13-4-6-14(7-5-13)20(22)23/h4-8H,1-3H3. The van der Waals surface area contributed by atoms with Crippen LogP contribution in [0.25, 0.3) is 0 Å². The van der Waals surface area contributed by atoms with Crippen molar-refractivity contribution in [3.8, 4) is 6.07 Å². The molecule has 0 spiro atoms. The Bertz CT molecular complexity index is 903. The average molecular weight is 310 g/mol. The molecule has 0 fully saturated rings. The number of nitro benzene ring substituents is 1. The Morgan fingerprint density at radius 1 is 1.30 bits per heavy atom. The fourth-order valence-electron chi connectivity index (χ4n) is 2.17. The lowest BCUT2D eigenvalue weighted by Crippen LogP contribution is -2.23. The third-order valence-electron chi connectivity index (χ3n) is 3.42. The van der Waals surface area contributed by atoms with Gasteiger partial charge >= 0.3 is 0 Å². The molecule has 0 bridgehead atoms. The Balaban J connectivity index is 2.52. The highest BCUT2D eigenvalue weighted by atomic mass is 16.6. The summed E-state index contributed by atoms with van der Waals surface area (Å²) in [6, 6.07) is 9.48. The van der Waals surface area contributed by atoms with Crippen LogP contribution in [0.5, 0.6) is 0 Å². The Morgan fingerprint density at radius 3 is 2.43 bits per heavy atom. The smallest absolute Gasteiger partial charge is 0.266 e. The number of pyridine rings is 1. The third kappa shape index (κ3) is 3.16. The second-order valence-electron chi connectivity index (χ2n) is 5.06. The van der Waals surface area contributed by atoms with Gasteiger partial charge in [0, 0.05) is 17.8 Å². The zero-order valence-corrected chi connectivity index (χ0v) is 12.9. The first kappa shape index (κ1) is 16.1. The molecule has 1 aromatic heterocycles. The molecule has 0 saturated carbocycles. The number of nitro groups is 1. The van der Waals surface area contributed by atoms with Crippen LogP contribution in [-0.4, -0.2) is 15.3 Å². The monoisotopic (exact) mass is 310 g/mol. The highest BCUT2D eigenvalue weighted by Gasteiger charge is 2.11. The number of benzene rings is 1. The van der Waals surface area contributed by atoms with E-state index in [-0.39, 0.29) is 11.3 Å². The minimum atomic E-state index is -0.482. The molecule has 2 rings (SSSR count).